The van der Waals surface area contributed by atoms with Crippen LogP contribution in [0.4, 0.5) is 5.69 Å². The molecule has 0 atom stereocenters. The molecule has 0 unspecified atom stereocenters. The van der Waals surface area contributed by atoms with Crippen LogP contribution in [-0.4, -0.2) is 16.0 Å². The summed E-state index contributed by atoms with van der Waals surface area (Å²) in [7, 11) is 0. The molecule has 1 N–H and O–H groups in total. The normalized spacial score (nSPS) is 10.6. The van der Waals surface area contributed by atoms with Crippen molar-refractivity contribution >= 4 is 23.2 Å². The number of hydrogen-bond acceptors (Lipinski definition) is 4. The molecule has 0 fully saturated rings. The Hall–Kier alpha value is -2.66. The molecule has 0 bridgehead atoms. The summed E-state index contributed by atoms with van der Waals surface area (Å²) in [6.45, 7) is 2.00. The summed E-state index contributed by atoms with van der Waals surface area (Å²) in [6, 6.07) is 14.9. The van der Waals surface area contributed by atoms with E-state index >= 15 is 0 Å². The fourth-order valence-electron chi connectivity index (χ4n) is 2.18. The molecular weight excluding hydrogens is 326 g/mol. The molecule has 5 nitrogen and oxygen atoms in total. The van der Waals surface area contributed by atoms with E-state index in [1.165, 1.54) is 0 Å². The highest BCUT2D eigenvalue weighted by atomic mass is 35.5. The van der Waals surface area contributed by atoms with Gasteiger partial charge in [-0.2, -0.15) is 4.98 Å². The van der Waals surface area contributed by atoms with Crippen LogP contribution in [0.15, 0.2) is 53.1 Å². The third-order valence-electron chi connectivity index (χ3n) is 3.45. The van der Waals surface area contributed by atoms with E-state index in [-0.39, 0.29) is 12.3 Å². The van der Waals surface area contributed by atoms with Crippen LogP contribution in [0.25, 0.3) is 11.4 Å². The van der Waals surface area contributed by atoms with Gasteiger partial charge < -0.3 is 9.84 Å². The van der Waals surface area contributed by atoms with Gasteiger partial charge in [0.1, 0.15) is 0 Å². The van der Waals surface area contributed by atoms with E-state index in [4.69, 9.17) is 16.1 Å². The number of halogens is 1. The number of hydrogen-bond donors (Lipinski definition) is 1. The molecule has 0 aliphatic rings. The number of carbonyl (C=O) groups is 1. The Morgan fingerprint density at radius 2 is 2.00 bits per heavy atom. The Balaban J connectivity index is 1.57. The van der Waals surface area contributed by atoms with Crippen molar-refractivity contribution in [2.45, 2.75) is 19.8 Å². The van der Waals surface area contributed by atoms with Crippen molar-refractivity contribution in [1.82, 2.24) is 10.1 Å². The third-order valence-corrected chi connectivity index (χ3v) is 3.69. The zero-order valence-corrected chi connectivity index (χ0v) is 13.9. The smallest absolute Gasteiger partial charge is 0.227 e. The second-order valence-electron chi connectivity index (χ2n) is 5.44. The molecule has 0 spiro atoms. The Labute approximate surface area is 144 Å². The fraction of sp³-hybridized carbons (Fsp3) is 0.167. The maximum atomic E-state index is 12.0. The first kappa shape index (κ1) is 16.2. The molecule has 0 saturated carbocycles. The van der Waals surface area contributed by atoms with Crippen LogP contribution in [0.3, 0.4) is 0 Å². The highest BCUT2D eigenvalue weighted by molar-refractivity contribution is 6.30. The van der Waals surface area contributed by atoms with Crippen LogP contribution in [0, 0.1) is 6.92 Å². The van der Waals surface area contributed by atoms with Crippen molar-refractivity contribution in [3.63, 3.8) is 0 Å². The monoisotopic (exact) mass is 341 g/mol. The highest BCUT2D eigenvalue weighted by Gasteiger charge is 2.11. The summed E-state index contributed by atoms with van der Waals surface area (Å²) in [5, 5.41) is 7.37. The Morgan fingerprint density at radius 1 is 1.21 bits per heavy atom. The number of aryl methyl sites for hydroxylation is 2. The van der Waals surface area contributed by atoms with Gasteiger partial charge in [-0.15, -0.1) is 0 Å². The average molecular weight is 342 g/mol. The van der Waals surface area contributed by atoms with Crippen LogP contribution in [0.5, 0.6) is 0 Å². The maximum absolute atomic E-state index is 12.0. The lowest BCUT2D eigenvalue weighted by Gasteiger charge is -2.04. The lowest BCUT2D eigenvalue weighted by molar-refractivity contribution is -0.116. The Morgan fingerprint density at radius 3 is 2.75 bits per heavy atom. The molecular formula is C18H16ClN3O2. The van der Waals surface area contributed by atoms with E-state index in [2.05, 4.69) is 15.5 Å². The number of anilines is 1. The van der Waals surface area contributed by atoms with Crippen LogP contribution in [0.1, 0.15) is 17.9 Å². The van der Waals surface area contributed by atoms with E-state index < -0.39 is 0 Å². The summed E-state index contributed by atoms with van der Waals surface area (Å²) >= 11 is 5.95. The van der Waals surface area contributed by atoms with E-state index in [0.29, 0.717) is 23.2 Å². The molecule has 3 rings (SSSR count). The molecule has 6 heteroatoms. The van der Waals surface area contributed by atoms with Gasteiger partial charge >= 0.3 is 0 Å². The zero-order chi connectivity index (χ0) is 16.9. The van der Waals surface area contributed by atoms with Crippen molar-refractivity contribution < 1.29 is 9.32 Å². The van der Waals surface area contributed by atoms with Gasteiger partial charge in [-0.25, -0.2) is 0 Å². The quantitative estimate of drug-likeness (QED) is 0.752. The molecule has 0 saturated heterocycles. The van der Waals surface area contributed by atoms with Crippen molar-refractivity contribution in [3.05, 3.63) is 65.0 Å². The van der Waals surface area contributed by atoms with Gasteiger partial charge in [-0.3, -0.25) is 4.79 Å². The van der Waals surface area contributed by atoms with Gasteiger partial charge in [-0.1, -0.05) is 46.6 Å². The molecule has 0 aliphatic heterocycles. The summed E-state index contributed by atoms with van der Waals surface area (Å²) in [4.78, 5) is 16.3. The number of carbonyl (C=O) groups excluding carboxylic acids is 1. The van der Waals surface area contributed by atoms with E-state index in [0.717, 1.165) is 16.8 Å². The number of rotatable bonds is 5. The maximum Gasteiger partial charge on any atom is 0.227 e. The minimum absolute atomic E-state index is 0.0960. The lowest BCUT2D eigenvalue weighted by Crippen LogP contribution is -2.12. The summed E-state index contributed by atoms with van der Waals surface area (Å²) in [6.07, 6.45) is 0.649. The summed E-state index contributed by atoms with van der Waals surface area (Å²) < 4.78 is 5.19. The molecule has 1 amide bonds. The first-order valence-corrected chi connectivity index (χ1v) is 7.93. The minimum Gasteiger partial charge on any atom is -0.339 e. The number of amides is 1. The van der Waals surface area contributed by atoms with Gasteiger partial charge in [0, 0.05) is 29.1 Å². The highest BCUT2D eigenvalue weighted by Crippen LogP contribution is 2.20. The van der Waals surface area contributed by atoms with Crippen LogP contribution < -0.4 is 5.32 Å². The van der Waals surface area contributed by atoms with E-state index in [1.807, 2.05) is 43.3 Å². The fourth-order valence-corrected chi connectivity index (χ4v) is 2.37. The van der Waals surface area contributed by atoms with Gasteiger partial charge in [-0.05, 0) is 31.2 Å². The van der Waals surface area contributed by atoms with Gasteiger partial charge in [0.05, 0.1) is 0 Å². The standard InChI is InChI=1S/C18H16ClN3O2/c1-12-5-7-15(8-6-12)20-16(23)9-10-17-21-18(22-24-17)13-3-2-4-14(19)11-13/h2-8,11H,9-10H2,1H3,(H,20,23). The van der Waals surface area contributed by atoms with Gasteiger partial charge in [0.15, 0.2) is 0 Å². The number of aromatic nitrogens is 2. The van der Waals surface area contributed by atoms with Crippen molar-refractivity contribution in [2.75, 3.05) is 5.32 Å². The molecule has 24 heavy (non-hydrogen) atoms. The Kier molecular flexibility index (Phi) is 4.91. The molecule has 1 heterocycles. The largest absolute Gasteiger partial charge is 0.339 e. The lowest BCUT2D eigenvalue weighted by atomic mass is 10.2. The third kappa shape index (κ3) is 4.20. The Bertz CT molecular complexity index is 843. The van der Waals surface area contributed by atoms with Crippen LogP contribution in [-0.2, 0) is 11.2 Å². The van der Waals surface area contributed by atoms with Crippen LogP contribution in [0.2, 0.25) is 5.02 Å². The summed E-state index contributed by atoms with van der Waals surface area (Å²) in [5.41, 5.74) is 2.70. The molecule has 1 aromatic heterocycles. The summed E-state index contributed by atoms with van der Waals surface area (Å²) in [5.74, 6) is 0.789. The predicted molar refractivity (Wildman–Crippen MR) is 92.9 cm³/mol. The van der Waals surface area contributed by atoms with Crippen molar-refractivity contribution in [2.24, 2.45) is 0 Å². The molecule has 3 aromatic rings. The van der Waals surface area contributed by atoms with E-state index in [1.54, 1.807) is 12.1 Å². The predicted octanol–water partition coefficient (Wildman–Crippen LogP) is 4.27. The first-order valence-electron chi connectivity index (χ1n) is 7.55. The second kappa shape index (κ2) is 7.27. The first-order chi connectivity index (χ1) is 11.6. The van der Waals surface area contributed by atoms with Crippen molar-refractivity contribution in [1.29, 1.82) is 0 Å². The SMILES string of the molecule is Cc1ccc(NC(=O)CCc2nc(-c3cccc(Cl)c3)no2)cc1. The van der Waals surface area contributed by atoms with Crippen molar-refractivity contribution in [3.8, 4) is 11.4 Å². The molecule has 0 radical (unpaired) electrons. The van der Waals surface area contributed by atoms with Gasteiger partial charge in [0.25, 0.3) is 0 Å². The number of nitrogens with zero attached hydrogens (tertiary/aromatic N) is 2. The average Bonchev–Trinajstić information content (AvgIpc) is 3.04. The topological polar surface area (TPSA) is 68.0 Å². The second-order valence-corrected chi connectivity index (χ2v) is 5.87. The molecule has 2 aromatic carbocycles. The van der Waals surface area contributed by atoms with Gasteiger partial charge in [0.2, 0.25) is 17.6 Å². The number of benzene rings is 2. The van der Waals surface area contributed by atoms with Crippen LogP contribution >= 0.6 is 11.6 Å². The zero-order valence-electron chi connectivity index (χ0n) is 13.1. The molecule has 0 aliphatic carbocycles. The minimum atomic E-state index is -0.0960. The number of nitrogens with one attached hydrogen (secondary N) is 1. The van der Waals surface area contributed by atoms with E-state index in [9.17, 15) is 4.79 Å². The molecule has 122 valence electrons.